The standard InChI is InChI=1S/C12H27BP/c1-4-7-10-14(13,11-8-5-2)12-9-6-3/h4-12H2,1-3H3/q+1. The molecule has 0 aliphatic rings. The molecule has 0 N–H and O–H groups in total. The Labute approximate surface area is 92.9 Å². The van der Waals surface area contributed by atoms with E-state index in [2.05, 4.69) is 20.8 Å². The Morgan fingerprint density at radius 2 is 1.00 bits per heavy atom. The lowest BCUT2D eigenvalue weighted by molar-refractivity contribution is 0.844. The third kappa shape index (κ3) is 6.88. The van der Waals surface area contributed by atoms with Crippen LogP contribution >= 0.6 is 7.14 Å². The van der Waals surface area contributed by atoms with Gasteiger partial charge in [-0.3, -0.25) is 0 Å². The molecule has 82 valence electrons. The second kappa shape index (κ2) is 8.78. The molecule has 0 unspecified atom stereocenters. The molecule has 0 fully saturated rings. The van der Waals surface area contributed by atoms with E-state index in [1.54, 1.807) is 0 Å². The van der Waals surface area contributed by atoms with Crippen LogP contribution < -0.4 is 0 Å². The minimum absolute atomic E-state index is 1.02. The summed E-state index contributed by atoms with van der Waals surface area (Å²) in [6, 6.07) is 0. The second-order valence-corrected chi connectivity index (χ2v) is 8.23. The van der Waals surface area contributed by atoms with E-state index in [0.29, 0.717) is 0 Å². The first-order chi connectivity index (χ1) is 6.68. The molecule has 0 aliphatic heterocycles. The van der Waals surface area contributed by atoms with Crippen molar-refractivity contribution in [3.63, 3.8) is 0 Å². The van der Waals surface area contributed by atoms with Gasteiger partial charge in [-0.15, -0.1) is 0 Å². The zero-order chi connectivity index (χ0) is 10.9. The predicted molar refractivity (Wildman–Crippen MR) is 72.0 cm³/mol. The van der Waals surface area contributed by atoms with Crippen LogP contribution in [0.2, 0.25) is 0 Å². The minimum atomic E-state index is -1.02. The molecule has 0 amide bonds. The van der Waals surface area contributed by atoms with Crippen molar-refractivity contribution in [3.05, 3.63) is 0 Å². The smallest absolute Gasteiger partial charge is 0.0652 e. The summed E-state index contributed by atoms with van der Waals surface area (Å²) in [5.41, 5.74) is 0. The Morgan fingerprint density at radius 1 is 0.714 bits per heavy atom. The Morgan fingerprint density at radius 3 is 1.21 bits per heavy atom. The fourth-order valence-corrected chi connectivity index (χ4v) is 5.26. The highest BCUT2D eigenvalue weighted by atomic mass is 31.2. The van der Waals surface area contributed by atoms with E-state index in [1.165, 1.54) is 57.0 Å². The van der Waals surface area contributed by atoms with E-state index < -0.39 is 7.14 Å². The number of unbranched alkanes of at least 4 members (excludes halogenated alkanes) is 3. The highest BCUT2D eigenvalue weighted by Gasteiger charge is 2.28. The number of hydrogen-bond donors (Lipinski definition) is 0. The van der Waals surface area contributed by atoms with E-state index in [0.717, 1.165) is 0 Å². The van der Waals surface area contributed by atoms with Crippen molar-refractivity contribution in [2.24, 2.45) is 0 Å². The lowest BCUT2D eigenvalue weighted by atomic mass is 10.4. The van der Waals surface area contributed by atoms with E-state index in [1.807, 2.05) is 0 Å². The highest BCUT2D eigenvalue weighted by Crippen LogP contribution is 2.55. The van der Waals surface area contributed by atoms with Crippen LogP contribution in [0.25, 0.3) is 0 Å². The maximum Gasteiger partial charge on any atom is 0.365 e. The summed E-state index contributed by atoms with van der Waals surface area (Å²) in [5, 5.41) is 0. The predicted octanol–water partition coefficient (Wildman–Crippen LogP) is 4.49. The van der Waals surface area contributed by atoms with Crippen LogP contribution in [-0.4, -0.2) is 26.1 Å². The summed E-state index contributed by atoms with van der Waals surface area (Å²) in [6.07, 6.45) is 12.0. The van der Waals surface area contributed by atoms with Gasteiger partial charge in [0.25, 0.3) is 0 Å². The summed E-state index contributed by atoms with van der Waals surface area (Å²) in [7, 11) is 5.55. The molecule has 14 heavy (non-hydrogen) atoms. The van der Waals surface area contributed by atoms with Gasteiger partial charge in [0, 0.05) is 18.5 Å². The van der Waals surface area contributed by atoms with Gasteiger partial charge in [0.05, 0.1) is 0 Å². The molecule has 0 nitrogen and oxygen atoms in total. The van der Waals surface area contributed by atoms with Gasteiger partial charge in [0.15, 0.2) is 0 Å². The first kappa shape index (κ1) is 14.5. The van der Waals surface area contributed by atoms with Crippen LogP contribution in [0.5, 0.6) is 0 Å². The maximum absolute atomic E-state index is 6.57. The number of hydrogen-bond acceptors (Lipinski definition) is 0. The largest absolute Gasteiger partial charge is 0.365 e. The van der Waals surface area contributed by atoms with Crippen molar-refractivity contribution in [1.29, 1.82) is 0 Å². The third-order valence-electron chi connectivity index (χ3n) is 2.87. The van der Waals surface area contributed by atoms with Crippen LogP contribution in [0.4, 0.5) is 0 Å². The first-order valence-corrected chi connectivity index (χ1v) is 8.74. The van der Waals surface area contributed by atoms with Crippen molar-refractivity contribution in [3.8, 4) is 0 Å². The molecular formula is C12H27BP+. The van der Waals surface area contributed by atoms with Crippen molar-refractivity contribution in [1.82, 2.24) is 0 Å². The van der Waals surface area contributed by atoms with Gasteiger partial charge in [-0.25, -0.2) is 0 Å². The Bertz CT molecular complexity index is 104. The molecular weight excluding hydrogens is 186 g/mol. The average molecular weight is 213 g/mol. The SMILES string of the molecule is [B][P+](CCCC)(CCCC)CCCC. The van der Waals surface area contributed by atoms with Gasteiger partial charge < -0.3 is 0 Å². The van der Waals surface area contributed by atoms with Gasteiger partial charge in [0.1, 0.15) is 0 Å². The molecule has 0 atom stereocenters. The summed E-state index contributed by atoms with van der Waals surface area (Å²) in [5.74, 6) is 0. The maximum atomic E-state index is 6.57. The van der Waals surface area contributed by atoms with Gasteiger partial charge in [-0.05, 0) is 26.4 Å². The molecule has 0 aromatic rings. The van der Waals surface area contributed by atoms with Crippen molar-refractivity contribution in [2.75, 3.05) is 18.5 Å². The summed E-state index contributed by atoms with van der Waals surface area (Å²) in [4.78, 5) is 0. The Kier molecular flexibility index (Phi) is 9.09. The molecule has 0 saturated heterocycles. The van der Waals surface area contributed by atoms with Crippen LogP contribution in [0.3, 0.4) is 0 Å². The van der Waals surface area contributed by atoms with Crippen LogP contribution in [0, 0.1) is 0 Å². The lowest BCUT2D eigenvalue weighted by Gasteiger charge is -2.23. The molecule has 0 aromatic heterocycles. The monoisotopic (exact) mass is 213 g/mol. The number of rotatable bonds is 9. The normalized spacial score (nSPS) is 11.9. The molecule has 0 aromatic carbocycles. The van der Waals surface area contributed by atoms with Crippen LogP contribution in [0.15, 0.2) is 0 Å². The van der Waals surface area contributed by atoms with Crippen LogP contribution in [-0.2, 0) is 0 Å². The van der Waals surface area contributed by atoms with Gasteiger partial charge >= 0.3 is 7.57 Å². The molecule has 0 aliphatic carbocycles. The summed E-state index contributed by atoms with van der Waals surface area (Å²) >= 11 is 0. The Balaban J connectivity index is 3.89. The molecule has 0 rings (SSSR count). The quantitative estimate of drug-likeness (QED) is 0.391. The van der Waals surface area contributed by atoms with Crippen molar-refractivity contribution < 1.29 is 0 Å². The summed E-state index contributed by atoms with van der Waals surface area (Å²) < 4.78 is 0. The van der Waals surface area contributed by atoms with E-state index >= 15 is 0 Å². The average Bonchev–Trinajstić information content (AvgIpc) is 2.21. The lowest BCUT2D eigenvalue weighted by Crippen LogP contribution is -2.08. The molecule has 0 heterocycles. The zero-order valence-corrected chi connectivity index (χ0v) is 11.3. The topological polar surface area (TPSA) is 0 Å². The molecule has 2 radical (unpaired) electrons. The molecule has 0 saturated carbocycles. The molecule has 0 spiro atoms. The van der Waals surface area contributed by atoms with Crippen molar-refractivity contribution >= 4 is 14.7 Å². The third-order valence-corrected chi connectivity index (χ3v) is 6.49. The van der Waals surface area contributed by atoms with E-state index in [9.17, 15) is 0 Å². The van der Waals surface area contributed by atoms with Gasteiger partial charge in [-0.1, -0.05) is 40.0 Å². The van der Waals surface area contributed by atoms with Crippen molar-refractivity contribution in [2.45, 2.75) is 59.3 Å². The Hall–Kier alpha value is 0.495. The summed E-state index contributed by atoms with van der Waals surface area (Å²) in [6.45, 7) is 6.80. The molecule has 0 bridgehead atoms. The van der Waals surface area contributed by atoms with E-state index in [-0.39, 0.29) is 0 Å². The fourth-order valence-electron chi connectivity index (χ4n) is 1.75. The zero-order valence-electron chi connectivity index (χ0n) is 10.4. The second-order valence-electron chi connectivity index (χ2n) is 4.45. The van der Waals surface area contributed by atoms with E-state index in [4.69, 9.17) is 7.57 Å². The molecule has 2 heteroatoms. The minimum Gasteiger partial charge on any atom is -0.0652 e. The van der Waals surface area contributed by atoms with Gasteiger partial charge in [0.2, 0.25) is 0 Å². The highest BCUT2D eigenvalue weighted by molar-refractivity contribution is 7.97. The van der Waals surface area contributed by atoms with Gasteiger partial charge in [-0.2, -0.15) is 0 Å². The fraction of sp³-hybridized carbons (Fsp3) is 1.00. The van der Waals surface area contributed by atoms with Crippen LogP contribution in [0.1, 0.15) is 59.3 Å². The first-order valence-electron chi connectivity index (χ1n) is 6.33.